The minimum Gasteiger partial charge on any atom is -0.367 e. The maximum atomic E-state index is 13.6. The summed E-state index contributed by atoms with van der Waals surface area (Å²) in [7, 11) is 0. The summed E-state index contributed by atoms with van der Waals surface area (Å²) in [4.78, 5) is 5.83. The van der Waals surface area contributed by atoms with Crippen LogP contribution in [0.3, 0.4) is 0 Å². The normalized spacial score (nSPS) is 17.4. The van der Waals surface area contributed by atoms with E-state index in [2.05, 4.69) is 33.3 Å². The Labute approximate surface area is 172 Å². The van der Waals surface area contributed by atoms with Crippen LogP contribution in [0.4, 0.5) is 10.2 Å². The van der Waals surface area contributed by atoms with E-state index in [-0.39, 0.29) is 5.82 Å². The van der Waals surface area contributed by atoms with Gasteiger partial charge in [0.15, 0.2) is 4.96 Å². The van der Waals surface area contributed by atoms with Gasteiger partial charge in [-0.15, -0.1) is 11.3 Å². The molecule has 0 amide bonds. The van der Waals surface area contributed by atoms with E-state index >= 15 is 0 Å². The van der Waals surface area contributed by atoms with Crippen molar-refractivity contribution in [2.24, 2.45) is 0 Å². The lowest BCUT2D eigenvalue weighted by atomic mass is 10.0. The number of nitrogens with one attached hydrogen (secondary N) is 1. The van der Waals surface area contributed by atoms with Crippen LogP contribution in [-0.2, 0) is 0 Å². The van der Waals surface area contributed by atoms with E-state index < -0.39 is 0 Å². The van der Waals surface area contributed by atoms with E-state index in [4.69, 9.17) is 16.6 Å². The highest BCUT2D eigenvalue weighted by Crippen LogP contribution is 2.39. The molecule has 0 radical (unpaired) electrons. The van der Waals surface area contributed by atoms with Crippen molar-refractivity contribution in [1.29, 1.82) is 0 Å². The Morgan fingerprint density at radius 1 is 1.25 bits per heavy atom. The molecular weight excluding hydrogens is 393 g/mol. The Hall–Kier alpha value is -2.11. The minimum atomic E-state index is -0.333. The molecule has 3 nitrogen and oxygen atoms in total. The molecule has 0 bridgehead atoms. The van der Waals surface area contributed by atoms with Gasteiger partial charge in [-0.25, -0.2) is 9.37 Å². The first kappa shape index (κ1) is 18.0. The zero-order valence-electron chi connectivity index (χ0n) is 15.4. The molecule has 2 aliphatic carbocycles. The Kier molecular flexibility index (Phi) is 4.73. The quantitative estimate of drug-likeness (QED) is 0.501. The van der Waals surface area contributed by atoms with E-state index in [1.54, 1.807) is 17.4 Å². The van der Waals surface area contributed by atoms with Gasteiger partial charge in [-0.05, 0) is 49.5 Å². The zero-order valence-corrected chi connectivity index (χ0v) is 17.0. The summed E-state index contributed by atoms with van der Waals surface area (Å²) in [6.45, 7) is 0. The number of benzene rings is 1. The van der Waals surface area contributed by atoms with E-state index in [0.717, 1.165) is 47.7 Å². The molecule has 3 aromatic rings. The predicted octanol–water partition coefficient (Wildman–Crippen LogP) is 6.94. The lowest BCUT2D eigenvalue weighted by Gasteiger charge is -2.17. The Balaban J connectivity index is 1.69. The van der Waals surface area contributed by atoms with E-state index in [1.165, 1.54) is 36.2 Å². The number of imidazole rings is 1. The van der Waals surface area contributed by atoms with Gasteiger partial charge in [0.05, 0.1) is 10.7 Å². The van der Waals surface area contributed by atoms with Gasteiger partial charge in [-0.3, -0.25) is 4.40 Å². The molecule has 0 aliphatic heterocycles. The third kappa shape index (κ3) is 3.16. The summed E-state index contributed by atoms with van der Waals surface area (Å²) in [5.41, 5.74) is 4.07. The first-order chi connectivity index (χ1) is 13.7. The largest absolute Gasteiger partial charge is 0.367 e. The average molecular weight is 414 g/mol. The highest BCUT2D eigenvalue weighted by Gasteiger charge is 2.24. The molecule has 1 N–H and O–H groups in total. The van der Waals surface area contributed by atoms with Crippen LogP contribution < -0.4 is 5.32 Å². The fourth-order valence-electron chi connectivity index (χ4n) is 4.16. The summed E-state index contributed by atoms with van der Waals surface area (Å²) in [5, 5.41) is 6.32. The Morgan fingerprint density at radius 2 is 2.11 bits per heavy atom. The topological polar surface area (TPSA) is 29.3 Å². The molecule has 0 saturated heterocycles. The molecule has 144 valence electrons. The molecule has 28 heavy (non-hydrogen) atoms. The zero-order chi connectivity index (χ0) is 19.1. The first-order valence-corrected chi connectivity index (χ1v) is 11.0. The number of thiazole rings is 1. The lowest BCUT2D eigenvalue weighted by Crippen LogP contribution is -2.17. The fourth-order valence-corrected chi connectivity index (χ4v) is 5.33. The maximum Gasteiger partial charge on any atom is 0.196 e. The van der Waals surface area contributed by atoms with Gasteiger partial charge in [0.2, 0.25) is 0 Å². The Bertz CT molecular complexity index is 1090. The van der Waals surface area contributed by atoms with Crippen molar-refractivity contribution in [3.8, 4) is 11.3 Å². The van der Waals surface area contributed by atoms with Gasteiger partial charge in [-0.2, -0.15) is 0 Å². The first-order valence-electron chi connectivity index (χ1n) is 9.78. The van der Waals surface area contributed by atoms with Gasteiger partial charge in [-0.1, -0.05) is 42.7 Å². The van der Waals surface area contributed by atoms with Crippen molar-refractivity contribution in [1.82, 2.24) is 9.38 Å². The molecule has 5 rings (SSSR count). The number of halogens is 2. The van der Waals surface area contributed by atoms with Crippen molar-refractivity contribution in [3.63, 3.8) is 0 Å². The van der Waals surface area contributed by atoms with Crippen molar-refractivity contribution >= 4 is 39.3 Å². The van der Waals surface area contributed by atoms with Gasteiger partial charge in [0, 0.05) is 17.0 Å². The van der Waals surface area contributed by atoms with Crippen LogP contribution in [0.25, 0.3) is 21.8 Å². The van der Waals surface area contributed by atoms with Crippen molar-refractivity contribution in [3.05, 3.63) is 58.3 Å². The molecule has 0 atom stereocenters. The summed E-state index contributed by atoms with van der Waals surface area (Å²) < 4.78 is 15.8. The molecule has 0 unspecified atom stereocenters. The van der Waals surface area contributed by atoms with Crippen molar-refractivity contribution < 1.29 is 4.39 Å². The van der Waals surface area contributed by atoms with Crippen LogP contribution in [0, 0.1) is 5.82 Å². The van der Waals surface area contributed by atoms with Gasteiger partial charge < -0.3 is 5.32 Å². The van der Waals surface area contributed by atoms with Crippen molar-refractivity contribution in [2.45, 2.75) is 44.6 Å². The highest BCUT2D eigenvalue weighted by atomic mass is 35.5. The third-order valence-corrected chi connectivity index (χ3v) is 6.73. The standard InChI is InChI=1S/C22H21ClFN3S/c23-18-12-15(24)10-11-17(18)20-21(25-16-8-4-5-9-16)27-19(13-28-22(27)26-20)14-6-2-1-3-7-14/h1-2,6,10-13,16,25H,3-5,7-9H2. The van der Waals surface area contributed by atoms with Gasteiger partial charge in [0.25, 0.3) is 0 Å². The number of rotatable bonds is 4. The monoisotopic (exact) mass is 413 g/mol. The van der Waals surface area contributed by atoms with Crippen LogP contribution in [0.2, 0.25) is 5.02 Å². The van der Waals surface area contributed by atoms with Crippen molar-refractivity contribution in [2.75, 3.05) is 5.32 Å². The minimum absolute atomic E-state index is 0.333. The molecule has 6 heteroatoms. The molecule has 1 saturated carbocycles. The molecule has 2 heterocycles. The number of nitrogens with zero attached hydrogens (tertiary/aromatic N) is 2. The highest BCUT2D eigenvalue weighted by molar-refractivity contribution is 7.15. The number of hydrogen-bond acceptors (Lipinski definition) is 3. The average Bonchev–Trinajstić information content (AvgIpc) is 3.41. The molecule has 0 spiro atoms. The number of hydrogen-bond donors (Lipinski definition) is 1. The second-order valence-electron chi connectivity index (χ2n) is 7.46. The van der Waals surface area contributed by atoms with E-state index in [1.807, 2.05) is 0 Å². The van der Waals surface area contributed by atoms with Crippen LogP contribution in [-0.4, -0.2) is 15.4 Å². The van der Waals surface area contributed by atoms with Gasteiger partial charge in [0.1, 0.15) is 17.3 Å². The smallest absolute Gasteiger partial charge is 0.196 e. The molecule has 1 fully saturated rings. The summed E-state index contributed by atoms with van der Waals surface area (Å²) >= 11 is 8.04. The number of aromatic nitrogens is 2. The molecule has 1 aromatic carbocycles. The van der Waals surface area contributed by atoms with E-state index in [9.17, 15) is 4.39 Å². The molecule has 2 aliphatic rings. The van der Waals surface area contributed by atoms with E-state index in [0.29, 0.717) is 11.1 Å². The lowest BCUT2D eigenvalue weighted by molar-refractivity contribution is 0.628. The van der Waals surface area contributed by atoms with Gasteiger partial charge >= 0.3 is 0 Å². The fraction of sp³-hybridized carbons (Fsp3) is 0.318. The predicted molar refractivity (Wildman–Crippen MR) is 116 cm³/mol. The van der Waals surface area contributed by atoms with Crippen LogP contribution in [0.5, 0.6) is 0 Å². The second-order valence-corrected chi connectivity index (χ2v) is 8.70. The Morgan fingerprint density at radius 3 is 2.86 bits per heavy atom. The summed E-state index contributed by atoms with van der Waals surface area (Å²) in [5.74, 6) is 0.641. The van der Waals surface area contributed by atoms with Crippen LogP contribution >= 0.6 is 22.9 Å². The number of fused-ring (bicyclic) bond motifs is 1. The maximum absolute atomic E-state index is 13.6. The summed E-state index contributed by atoms with van der Waals surface area (Å²) in [6, 6.07) is 4.97. The summed E-state index contributed by atoms with van der Waals surface area (Å²) in [6.07, 6.45) is 13.4. The SMILES string of the molecule is Fc1ccc(-c2nc3scc(C4=CC=CCC4)n3c2NC2CCCC2)c(Cl)c1. The number of allylic oxidation sites excluding steroid dienone is 4. The number of anilines is 1. The molecular formula is C22H21ClFN3S. The van der Waals surface area contributed by atoms with Crippen LogP contribution in [0.1, 0.15) is 44.2 Å². The van der Waals surface area contributed by atoms with Crippen LogP contribution in [0.15, 0.2) is 41.8 Å². The third-order valence-electron chi connectivity index (χ3n) is 5.59. The molecule has 2 aromatic heterocycles. The second kappa shape index (κ2) is 7.37.